The normalized spacial score (nSPS) is 20.4. The molecule has 0 aromatic carbocycles. The fourth-order valence-corrected chi connectivity index (χ4v) is 2.06. The summed E-state index contributed by atoms with van der Waals surface area (Å²) < 4.78 is 0. The summed E-state index contributed by atoms with van der Waals surface area (Å²) in [5, 5.41) is 2.97. The smallest absolute Gasteiger partial charge is 0.271 e. The van der Waals surface area contributed by atoms with Crippen LogP contribution in [0.5, 0.6) is 0 Å². The first-order valence-corrected chi connectivity index (χ1v) is 5.97. The van der Waals surface area contributed by atoms with Crippen LogP contribution in [0.2, 0.25) is 0 Å². The maximum atomic E-state index is 11.9. The van der Waals surface area contributed by atoms with Crippen molar-refractivity contribution in [2.45, 2.75) is 18.9 Å². The zero-order valence-electron chi connectivity index (χ0n) is 10.4. The summed E-state index contributed by atoms with van der Waals surface area (Å²) in [7, 11) is 2.06. The lowest BCUT2D eigenvalue weighted by molar-refractivity contribution is 0.0907. The number of nitrogens with zero attached hydrogens (tertiary/aromatic N) is 3. The van der Waals surface area contributed by atoms with E-state index in [0.29, 0.717) is 11.5 Å². The van der Waals surface area contributed by atoms with E-state index in [0.717, 1.165) is 25.9 Å². The minimum Gasteiger partial charge on any atom is -0.347 e. The lowest BCUT2D eigenvalue weighted by Gasteiger charge is -2.30. The van der Waals surface area contributed by atoms with E-state index < -0.39 is 0 Å². The maximum absolute atomic E-state index is 11.9. The number of nitrogen functional groups attached to an aromatic ring is 1. The van der Waals surface area contributed by atoms with E-state index in [2.05, 4.69) is 32.7 Å². The van der Waals surface area contributed by atoms with Gasteiger partial charge in [-0.1, -0.05) is 0 Å². The average Bonchev–Trinajstić information content (AvgIpc) is 2.39. The Balaban J connectivity index is 1.94. The molecule has 7 heteroatoms. The van der Waals surface area contributed by atoms with Gasteiger partial charge in [0.05, 0.1) is 12.4 Å². The number of likely N-dealkylation sites (N-methyl/N-ethyl adjacent to an activating group) is 1. The predicted octanol–water partition coefficient (Wildman–Crippen LogP) is -0.414. The molecule has 1 aromatic heterocycles. The highest BCUT2D eigenvalue weighted by Crippen LogP contribution is 2.08. The van der Waals surface area contributed by atoms with Gasteiger partial charge in [-0.15, -0.1) is 0 Å². The van der Waals surface area contributed by atoms with Crippen molar-refractivity contribution in [3.05, 3.63) is 18.1 Å². The van der Waals surface area contributed by atoms with Gasteiger partial charge in [-0.2, -0.15) is 0 Å². The fourth-order valence-electron chi connectivity index (χ4n) is 2.06. The van der Waals surface area contributed by atoms with Gasteiger partial charge in [0.25, 0.3) is 5.91 Å². The monoisotopic (exact) mass is 250 g/mol. The number of hydrogen-bond acceptors (Lipinski definition) is 6. The molecule has 4 N–H and O–H groups in total. The molecule has 0 bridgehead atoms. The number of piperidine rings is 1. The lowest BCUT2D eigenvalue weighted by Crippen LogP contribution is -2.46. The number of hydrogen-bond donors (Lipinski definition) is 3. The number of nitrogens with two attached hydrogens (primary N) is 1. The van der Waals surface area contributed by atoms with Gasteiger partial charge in [0.1, 0.15) is 5.69 Å². The summed E-state index contributed by atoms with van der Waals surface area (Å²) in [5.74, 6) is 5.43. The first-order valence-electron chi connectivity index (χ1n) is 5.97. The first-order chi connectivity index (χ1) is 8.69. The molecule has 1 aliphatic heterocycles. The molecule has 0 saturated carbocycles. The molecule has 0 spiro atoms. The summed E-state index contributed by atoms with van der Waals surface area (Å²) in [6, 6.07) is 0.186. The largest absolute Gasteiger partial charge is 0.347 e. The van der Waals surface area contributed by atoms with Crippen LogP contribution >= 0.6 is 0 Å². The molecule has 1 saturated heterocycles. The minimum absolute atomic E-state index is 0.186. The molecular formula is C11H18N6O. The number of rotatable bonds is 3. The van der Waals surface area contributed by atoms with Gasteiger partial charge in [0, 0.05) is 12.6 Å². The Labute approximate surface area is 106 Å². The molecule has 7 nitrogen and oxygen atoms in total. The molecule has 18 heavy (non-hydrogen) atoms. The third kappa shape index (κ3) is 3.14. The topological polar surface area (TPSA) is 96.2 Å². The molecule has 1 amide bonds. The second-order valence-electron chi connectivity index (χ2n) is 4.51. The van der Waals surface area contributed by atoms with Gasteiger partial charge in [-0.25, -0.2) is 15.8 Å². The zero-order chi connectivity index (χ0) is 13.0. The third-order valence-electron chi connectivity index (χ3n) is 2.99. The number of anilines is 1. The molecule has 98 valence electrons. The molecule has 1 fully saturated rings. The highest BCUT2D eigenvalue weighted by atomic mass is 16.2. The summed E-state index contributed by atoms with van der Waals surface area (Å²) in [4.78, 5) is 22.1. The van der Waals surface area contributed by atoms with Crippen molar-refractivity contribution < 1.29 is 4.79 Å². The molecule has 0 radical (unpaired) electrons. The highest BCUT2D eigenvalue weighted by molar-refractivity contribution is 5.92. The van der Waals surface area contributed by atoms with Crippen LogP contribution in [0.25, 0.3) is 0 Å². The van der Waals surface area contributed by atoms with Crippen molar-refractivity contribution in [3.63, 3.8) is 0 Å². The second kappa shape index (κ2) is 5.74. The number of aromatic nitrogens is 2. The molecule has 2 rings (SSSR count). The van der Waals surface area contributed by atoms with E-state index in [9.17, 15) is 4.79 Å². The van der Waals surface area contributed by atoms with Crippen LogP contribution in [0.1, 0.15) is 23.3 Å². The SMILES string of the molecule is CN1CCCC(NC(=O)c2cnc(NN)cn2)C1. The van der Waals surface area contributed by atoms with E-state index in [1.165, 1.54) is 12.4 Å². The van der Waals surface area contributed by atoms with Crippen LogP contribution in [0.15, 0.2) is 12.4 Å². The summed E-state index contributed by atoms with van der Waals surface area (Å²) in [6.07, 6.45) is 4.95. The summed E-state index contributed by atoms with van der Waals surface area (Å²) >= 11 is 0. The third-order valence-corrected chi connectivity index (χ3v) is 2.99. The standard InChI is InChI=1S/C11H18N6O/c1-17-4-2-3-8(7-17)15-11(18)9-5-14-10(16-12)6-13-9/h5-6,8H,2-4,7,12H2,1H3,(H,14,16)(H,15,18). The van der Waals surface area contributed by atoms with Crippen molar-refractivity contribution in [1.29, 1.82) is 0 Å². The molecule has 1 atom stereocenters. The van der Waals surface area contributed by atoms with Crippen LogP contribution in [-0.4, -0.2) is 47.0 Å². The first kappa shape index (κ1) is 12.7. The molecule has 1 aromatic rings. The van der Waals surface area contributed by atoms with Crippen LogP contribution < -0.4 is 16.6 Å². The van der Waals surface area contributed by atoms with Crippen molar-refractivity contribution in [2.75, 3.05) is 25.6 Å². The highest BCUT2D eigenvalue weighted by Gasteiger charge is 2.20. The van der Waals surface area contributed by atoms with Gasteiger partial charge in [-0.3, -0.25) is 4.79 Å². The Morgan fingerprint density at radius 2 is 2.33 bits per heavy atom. The number of amides is 1. The Bertz CT molecular complexity index is 406. The van der Waals surface area contributed by atoms with Crippen LogP contribution in [0, 0.1) is 0 Å². The minimum atomic E-state index is -0.189. The molecule has 0 aliphatic carbocycles. The van der Waals surface area contributed by atoms with Crippen molar-refractivity contribution in [3.8, 4) is 0 Å². The summed E-state index contributed by atoms with van der Waals surface area (Å²) in [6.45, 7) is 1.96. The number of carbonyl (C=O) groups excluding carboxylic acids is 1. The molecular weight excluding hydrogens is 232 g/mol. The number of carbonyl (C=O) groups is 1. The molecule has 2 heterocycles. The van der Waals surface area contributed by atoms with Crippen LogP contribution in [-0.2, 0) is 0 Å². The average molecular weight is 250 g/mol. The predicted molar refractivity (Wildman–Crippen MR) is 67.8 cm³/mol. The Morgan fingerprint density at radius 1 is 1.50 bits per heavy atom. The van der Waals surface area contributed by atoms with Crippen molar-refractivity contribution >= 4 is 11.7 Å². The van der Waals surface area contributed by atoms with Crippen LogP contribution in [0.4, 0.5) is 5.82 Å². The molecule has 1 unspecified atom stereocenters. The molecule has 1 aliphatic rings. The van der Waals surface area contributed by atoms with E-state index in [4.69, 9.17) is 5.84 Å². The number of likely N-dealkylation sites (tertiary alicyclic amines) is 1. The maximum Gasteiger partial charge on any atom is 0.271 e. The lowest BCUT2D eigenvalue weighted by atomic mass is 10.1. The van der Waals surface area contributed by atoms with Gasteiger partial charge in [-0.05, 0) is 26.4 Å². The second-order valence-corrected chi connectivity index (χ2v) is 4.51. The van der Waals surface area contributed by atoms with Gasteiger partial charge in [0.2, 0.25) is 0 Å². The van der Waals surface area contributed by atoms with Gasteiger partial charge >= 0.3 is 0 Å². The van der Waals surface area contributed by atoms with E-state index in [1.54, 1.807) is 0 Å². The Morgan fingerprint density at radius 3 is 2.94 bits per heavy atom. The quantitative estimate of drug-likeness (QED) is 0.498. The Kier molecular flexibility index (Phi) is 4.06. The van der Waals surface area contributed by atoms with E-state index in [1.807, 2.05) is 0 Å². The number of hydrazine groups is 1. The van der Waals surface area contributed by atoms with Crippen molar-refractivity contribution in [2.24, 2.45) is 5.84 Å². The van der Waals surface area contributed by atoms with Crippen LogP contribution in [0.3, 0.4) is 0 Å². The number of nitrogens with one attached hydrogen (secondary N) is 2. The van der Waals surface area contributed by atoms with Crippen molar-refractivity contribution in [1.82, 2.24) is 20.2 Å². The summed E-state index contributed by atoms with van der Waals surface area (Å²) in [5.41, 5.74) is 2.68. The zero-order valence-corrected chi connectivity index (χ0v) is 10.4. The van der Waals surface area contributed by atoms with Gasteiger partial charge in [0.15, 0.2) is 5.82 Å². The fraction of sp³-hybridized carbons (Fsp3) is 0.545. The Hall–Kier alpha value is -1.73. The van der Waals surface area contributed by atoms with E-state index >= 15 is 0 Å². The van der Waals surface area contributed by atoms with Gasteiger partial charge < -0.3 is 15.6 Å². The van der Waals surface area contributed by atoms with E-state index in [-0.39, 0.29) is 11.9 Å².